The minimum absolute atomic E-state index is 0.0558. The average molecular weight is 172 g/mol. The first kappa shape index (κ1) is 9.96. The van der Waals surface area contributed by atoms with Crippen LogP contribution < -0.4 is 11.5 Å². The predicted octanol–water partition coefficient (Wildman–Crippen LogP) is 0.561. The van der Waals surface area contributed by atoms with E-state index in [9.17, 15) is 5.11 Å². The van der Waals surface area contributed by atoms with Crippen molar-refractivity contribution in [3.8, 4) is 0 Å². The van der Waals surface area contributed by atoms with Gasteiger partial charge in [0.25, 0.3) is 0 Å². The van der Waals surface area contributed by atoms with Crippen LogP contribution >= 0.6 is 0 Å². The molecule has 0 aromatic heterocycles. The second-order valence-corrected chi connectivity index (χ2v) is 3.92. The van der Waals surface area contributed by atoms with E-state index >= 15 is 0 Å². The summed E-state index contributed by atoms with van der Waals surface area (Å²) in [6.07, 6.45) is 4.75. The summed E-state index contributed by atoms with van der Waals surface area (Å²) in [5, 5.41) is 9.83. The van der Waals surface area contributed by atoms with Crippen molar-refractivity contribution in [2.45, 2.75) is 50.8 Å². The molecule has 0 heterocycles. The first-order chi connectivity index (χ1) is 5.58. The maximum atomic E-state index is 9.83. The molecule has 0 aromatic rings. The van der Waals surface area contributed by atoms with Crippen LogP contribution in [0, 0.1) is 5.92 Å². The van der Waals surface area contributed by atoms with Gasteiger partial charge >= 0.3 is 0 Å². The van der Waals surface area contributed by atoms with Gasteiger partial charge in [-0.15, -0.1) is 0 Å². The van der Waals surface area contributed by atoms with Gasteiger partial charge in [0, 0.05) is 12.0 Å². The Kier molecular flexibility index (Phi) is 3.09. The van der Waals surface area contributed by atoms with Gasteiger partial charge in [-0.3, -0.25) is 0 Å². The smallest absolute Gasteiger partial charge is 0.117 e. The summed E-state index contributed by atoms with van der Waals surface area (Å²) in [6, 6.07) is 0.0558. The Morgan fingerprint density at radius 2 is 2.25 bits per heavy atom. The fourth-order valence-corrected chi connectivity index (χ4v) is 2.08. The van der Waals surface area contributed by atoms with Crippen molar-refractivity contribution in [2.24, 2.45) is 17.4 Å². The van der Waals surface area contributed by atoms with Crippen molar-refractivity contribution >= 4 is 0 Å². The molecule has 0 radical (unpaired) electrons. The highest BCUT2D eigenvalue weighted by Crippen LogP contribution is 2.32. The van der Waals surface area contributed by atoms with Gasteiger partial charge in [-0.2, -0.15) is 0 Å². The minimum Gasteiger partial charge on any atom is -0.376 e. The first-order valence-corrected chi connectivity index (χ1v) is 4.84. The van der Waals surface area contributed by atoms with Crippen LogP contribution in [0.5, 0.6) is 0 Å². The predicted molar refractivity (Wildman–Crippen MR) is 49.4 cm³/mol. The molecule has 0 aliphatic heterocycles. The SMILES string of the molecule is CCC(N)C1CCCCC1(N)O. The Morgan fingerprint density at radius 3 is 2.75 bits per heavy atom. The molecule has 0 spiro atoms. The summed E-state index contributed by atoms with van der Waals surface area (Å²) in [4.78, 5) is 0. The maximum absolute atomic E-state index is 9.83. The molecule has 3 atom stereocenters. The summed E-state index contributed by atoms with van der Waals surface area (Å²) in [7, 11) is 0. The molecule has 3 unspecified atom stereocenters. The van der Waals surface area contributed by atoms with Crippen molar-refractivity contribution in [2.75, 3.05) is 0 Å². The van der Waals surface area contributed by atoms with E-state index < -0.39 is 5.72 Å². The van der Waals surface area contributed by atoms with E-state index in [1.807, 2.05) is 6.92 Å². The lowest BCUT2D eigenvalue weighted by Crippen LogP contribution is -2.55. The molecule has 1 aliphatic rings. The topological polar surface area (TPSA) is 72.3 Å². The number of hydrogen-bond donors (Lipinski definition) is 3. The van der Waals surface area contributed by atoms with E-state index in [-0.39, 0.29) is 12.0 Å². The summed E-state index contributed by atoms with van der Waals surface area (Å²) in [5.74, 6) is 0.0937. The van der Waals surface area contributed by atoms with Crippen LogP contribution in [0.3, 0.4) is 0 Å². The Morgan fingerprint density at radius 1 is 1.58 bits per heavy atom. The quantitative estimate of drug-likeness (QED) is 0.533. The molecule has 0 amide bonds. The summed E-state index contributed by atoms with van der Waals surface area (Å²) in [6.45, 7) is 2.04. The monoisotopic (exact) mass is 172 g/mol. The average Bonchev–Trinajstić information content (AvgIpc) is 2.02. The zero-order chi connectivity index (χ0) is 9.19. The maximum Gasteiger partial charge on any atom is 0.117 e. The molecule has 1 rings (SSSR count). The highest BCUT2D eigenvalue weighted by molar-refractivity contribution is 4.90. The van der Waals surface area contributed by atoms with Crippen LogP contribution in [0.25, 0.3) is 0 Å². The third-order valence-corrected chi connectivity index (χ3v) is 2.97. The van der Waals surface area contributed by atoms with E-state index in [0.29, 0.717) is 6.42 Å². The lowest BCUT2D eigenvalue weighted by molar-refractivity contribution is -0.0528. The Bertz CT molecular complexity index is 147. The summed E-state index contributed by atoms with van der Waals surface area (Å²) in [5.41, 5.74) is 10.7. The largest absolute Gasteiger partial charge is 0.376 e. The lowest BCUT2D eigenvalue weighted by atomic mass is 9.77. The van der Waals surface area contributed by atoms with Gasteiger partial charge in [0.05, 0.1) is 0 Å². The van der Waals surface area contributed by atoms with Gasteiger partial charge in [0.2, 0.25) is 0 Å². The van der Waals surface area contributed by atoms with Crippen LogP contribution in [-0.4, -0.2) is 16.9 Å². The highest BCUT2D eigenvalue weighted by atomic mass is 16.3. The summed E-state index contributed by atoms with van der Waals surface area (Å²) < 4.78 is 0. The van der Waals surface area contributed by atoms with Gasteiger partial charge in [0.15, 0.2) is 0 Å². The van der Waals surface area contributed by atoms with Crippen LogP contribution in [0.4, 0.5) is 0 Å². The van der Waals surface area contributed by atoms with Gasteiger partial charge in [-0.05, 0) is 25.7 Å². The van der Waals surface area contributed by atoms with Crippen LogP contribution in [0.2, 0.25) is 0 Å². The van der Waals surface area contributed by atoms with Gasteiger partial charge in [-0.1, -0.05) is 13.3 Å². The fourth-order valence-electron chi connectivity index (χ4n) is 2.08. The lowest BCUT2D eigenvalue weighted by Gasteiger charge is -2.39. The molecule has 72 valence electrons. The third-order valence-electron chi connectivity index (χ3n) is 2.97. The molecule has 5 N–H and O–H groups in total. The van der Waals surface area contributed by atoms with E-state index in [1.165, 1.54) is 0 Å². The molecule has 3 heteroatoms. The molecule has 0 saturated heterocycles. The van der Waals surface area contributed by atoms with Crippen LogP contribution in [0.15, 0.2) is 0 Å². The molecule has 1 aliphatic carbocycles. The van der Waals surface area contributed by atoms with Gasteiger partial charge in [-0.25, -0.2) is 0 Å². The Labute approximate surface area is 74.1 Å². The fraction of sp³-hybridized carbons (Fsp3) is 1.00. The Balaban J connectivity index is 2.59. The first-order valence-electron chi connectivity index (χ1n) is 4.84. The van der Waals surface area contributed by atoms with E-state index in [0.717, 1.165) is 25.7 Å². The van der Waals surface area contributed by atoms with E-state index in [4.69, 9.17) is 11.5 Å². The molecule has 12 heavy (non-hydrogen) atoms. The van der Waals surface area contributed by atoms with E-state index in [2.05, 4.69) is 0 Å². The van der Waals surface area contributed by atoms with E-state index in [1.54, 1.807) is 0 Å². The standard InChI is InChI=1S/C9H20N2O/c1-2-8(10)7-5-3-4-6-9(7,11)12/h7-8,12H,2-6,10-11H2,1H3. The van der Waals surface area contributed by atoms with Crippen LogP contribution in [-0.2, 0) is 0 Å². The van der Waals surface area contributed by atoms with Crippen molar-refractivity contribution in [3.05, 3.63) is 0 Å². The molecule has 1 fully saturated rings. The normalized spacial score (nSPS) is 39.5. The zero-order valence-corrected chi connectivity index (χ0v) is 7.79. The van der Waals surface area contributed by atoms with Crippen molar-refractivity contribution in [3.63, 3.8) is 0 Å². The second kappa shape index (κ2) is 3.73. The van der Waals surface area contributed by atoms with Crippen molar-refractivity contribution in [1.29, 1.82) is 0 Å². The Hall–Kier alpha value is -0.120. The molecule has 1 saturated carbocycles. The highest BCUT2D eigenvalue weighted by Gasteiger charge is 2.37. The van der Waals surface area contributed by atoms with Gasteiger partial charge in [0.1, 0.15) is 5.72 Å². The summed E-state index contributed by atoms with van der Waals surface area (Å²) >= 11 is 0. The number of aliphatic hydroxyl groups is 1. The van der Waals surface area contributed by atoms with Crippen molar-refractivity contribution < 1.29 is 5.11 Å². The molecule has 0 bridgehead atoms. The van der Waals surface area contributed by atoms with Crippen molar-refractivity contribution in [1.82, 2.24) is 0 Å². The third kappa shape index (κ3) is 1.97. The molecular formula is C9H20N2O. The second-order valence-electron chi connectivity index (χ2n) is 3.92. The zero-order valence-electron chi connectivity index (χ0n) is 7.79. The number of hydrogen-bond acceptors (Lipinski definition) is 3. The molecule has 3 nitrogen and oxygen atoms in total. The molecular weight excluding hydrogens is 152 g/mol. The number of nitrogens with two attached hydrogens (primary N) is 2. The van der Waals surface area contributed by atoms with Gasteiger partial charge < -0.3 is 16.6 Å². The molecule has 0 aromatic carbocycles. The number of rotatable bonds is 2. The van der Waals surface area contributed by atoms with Crippen LogP contribution in [0.1, 0.15) is 39.0 Å². The minimum atomic E-state index is -1.01.